The number of rotatable bonds is 4. The molecular formula is C18H14ClN7O. The molecule has 0 saturated carbocycles. The summed E-state index contributed by atoms with van der Waals surface area (Å²) in [5.41, 5.74) is 3.71. The molecular weight excluding hydrogens is 366 g/mol. The fourth-order valence-electron chi connectivity index (χ4n) is 2.64. The van der Waals surface area contributed by atoms with E-state index >= 15 is 0 Å². The van der Waals surface area contributed by atoms with Gasteiger partial charge in [0, 0.05) is 16.9 Å². The minimum absolute atomic E-state index is 0.246. The van der Waals surface area contributed by atoms with Gasteiger partial charge in [0.15, 0.2) is 0 Å². The maximum absolute atomic E-state index is 12.5. The second kappa shape index (κ2) is 7.00. The third kappa shape index (κ3) is 3.56. The smallest absolute Gasteiger partial charge is 0.258 e. The molecule has 2 aromatic heterocycles. The van der Waals surface area contributed by atoms with Crippen LogP contribution < -0.4 is 5.32 Å². The van der Waals surface area contributed by atoms with Gasteiger partial charge >= 0.3 is 0 Å². The average molecular weight is 380 g/mol. The number of aromatic nitrogens is 6. The summed E-state index contributed by atoms with van der Waals surface area (Å²) < 4.78 is 3.19. The van der Waals surface area contributed by atoms with Crippen molar-refractivity contribution in [2.75, 3.05) is 5.32 Å². The molecule has 4 rings (SSSR count). The molecule has 8 nitrogen and oxygen atoms in total. The van der Waals surface area contributed by atoms with Gasteiger partial charge < -0.3 is 5.32 Å². The van der Waals surface area contributed by atoms with Crippen molar-refractivity contribution in [2.24, 2.45) is 0 Å². The minimum Gasteiger partial charge on any atom is -0.322 e. The lowest BCUT2D eigenvalue weighted by molar-refractivity contribution is 0.102. The van der Waals surface area contributed by atoms with E-state index in [0.29, 0.717) is 16.3 Å². The number of carbonyl (C=O) groups is 1. The zero-order valence-corrected chi connectivity index (χ0v) is 15.0. The van der Waals surface area contributed by atoms with Gasteiger partial charge in [-0.3, -0.25) is 4.79 Å². The van der Waals surface area contributed by atoms with Gasteiger partial charge in [-0.15, -0.1) is 5.10 Å². The third-order valence-corrected chi connectivity index (χ3v) is 4.24. The molecule has 0 fully saturated rings. The number of nitrogens with one attached hydrogen (secondary N) is 1. The Balaban J connectivity index is 1.51. The molecule has 2 heterocycles. The van der Waals surface area contributed by atoms with Crippen molar-refractivity contribution in [2.45, 2.75) is 6.92 Å². The normalized spacial score (nSPS) is 10.7. The minimum atomic E-state index is -0.246. The number of hydrogen-bond acceptors (Lipinski definition) is 5. The predicted molar refractivity (Wildman–Crippen MR) is 100 cm³/mol. The van der Waals surface area contributed by atoms with Crippen molar-refractivity contribution in [3.8, 4) is 11.4 Å². The standard InChI is InChI=1S/C18H14ClN7O/c1-12-8-15(4-7-17(12)26-11-20-23-24-26)22-18(27)13-9-21-25(10-13)16-5-2-14(19)3-6-16/h2-11H,1H3,(H,22,27). The van der Waals surface area contributed by atoms with Crippen molar-refractivity contribution in [1.29, 1.82) is 0 Å². The maximum Gasteiger partial charge on any atom is 0.258 e. The van der Waals surface area contributed by atoms with E-state index in [1.165, 1.54) is 12.5 Å². The molecule has 0 aliphatic rings. The van der Waals surface area contributed by atoms with Gasteiger partial charge in [0.2, 0.25) is 0 Å². The molecule has 27 heavy (non-hydrogen) atoms. The lowest BCUT2D eigenvalue weighted by atomic mass is 10.1. The van der Waals surface area contributed by atoms with Crippen molar-refractivity contribution in [1.82, 2.24) is 30.0 Å². The molecule has 4 aromatic rings. The number of benzene rings is 2. The van der Waals surface area contributed by atoms with Crippen LogP contribution in [-0.4, -0.2) is 35.9 Å². The van der Waals surface area contributed by atoms with E-state index in [2.05, 4.69) is 25.9 Å². The molecule has 0 radical (unpaired) electrons. The molecule has 9 heteroatoms. The number of anilines is 1. The van der Waals surface area contributed by atoms with E-state index in [1.54, 1.807) is 33.8 Å². The largest absolute Gasteiger partial charge is 0.322 e. The van der Waals surface area contributed by atoms with Crippen molar-refractivity contribution in [3.63, 3.8) is 0 Å². The number of aryl methyl sites for hydroxylation is 1. The van der Waals surface area contributed by atoms with E-state index in [-0.39, 0.29) is 5.91 Å². The van der Waals surface area contributed by atoms with Crippen molar-refractivity contribution < 1.29 is 4.79 Å². The number of carbonyl (C=O) groups excluding carboxylic acids is 1. The van der Waals surface area contributed by atoms with Crippen LogP contribution >= 0.6 is 11.6 Å². The topological polar surface area (TPSA) is 90.5 Å². The molecule has 0 atom stereocenters. The van der Waals surface area contributed by atoms with E-state index in [4.69, 9.17) is 11.6 Å². The quantitative estimate of drug-likeness (QED) is 0.588. The van der Waals surface area contributed by atoms with Crippen LogP contribution in [0, 0.1) is 6.92 Å². The molecule has 0 aliphatic carbocycles. The molecule has 0 spiro atoms. The van der Waals surface area contributed by atoms with Crippen LogP contribution in [0.2, 0.25) is 5.02 Å². The van der Waals surface area contributed by atoms with Crippen LogP contribution in [-0.2, 0) is 0 Å². The van der Waals surface area contributed by atoms with Crippen LogP contribution in [0.1, 0.15) is 15.9 Å². The monoisotopic (exact) mass is 379 g/mol. The van der Waals surface area contributed by atoms with Crippen LogP contribution in [0.4, 0.5) is 5.69 Å². The van der Waals surface area contributed by atoms with Gasteiger partial charge in [-0.25, -0.2) is 9.36 Å². The second-order valence-corrected chi connectivity index (χ2v) is 6.30. The summed E-state index contributed by atoms with van der Waals surface area (Å²) in [6, 6.07) is 12.7. The lowest BCUT2D eigenvalue weighted by Gasteiger charge is -2.08. The van der Waals surface area contributed by atoms with Crippen LogP contribution in [0.5, 0.6) is 0 Å². The van der Waals surface area contributed by atoms with Gasteiger partial charge in [-0.2, -0.15) is 5.10 Å². The zero-order chi connectivity index (χ0) is 18.8. The molecule has 0 aliphatic heterocycles. The van der Waals surface area contributed by atoms with E-state index in [1.807, 2.05) is 31.2 Å². The van der Waals surface area contributed by atoms with Crippen molar-refractivity contribution >= 4 is 23.2 Å². The Labute approximate surface area is 159 Å². The molecule has 2 aromatic carbocycles. The van der Waals surface area contributed by atoms with Crippen LogP contribution in [0.3, 0.4) is 0 Å². The first-order valence-corrected chi connectivity index (χ1v) is 8.44. The Hall–Kier alpha value is -3.52. The first-order chi connectivity index (χ1) is 13.1. The summed E-state index contributed by atoms with van der Waals surface area (Å²) >= 11 is 5.90. The molecule has 0 saturated heterocycles. The first-order valence-electron chi connectivity index (χ1n) is 8.06. The predicted octanol–water partition coefficient (Wildman–Crippen LogP) is 3.06. The fraction of sp³-hybridized carbons (Fsp3) is 0.0556. The number of nitrogens with zero attached hydrogens (tertiary/aromatic N) is 6. The van der Waals surface area contributed by atoms with Gasteiger partial charge in [0.05, 0.1) is 23.1 Å². The Morgan fingerprint density at radius 2 is 1.93 bits per heavy atom. The molecule has 134 valence electrons. The average Bonchev–Trinajstić information content (AvgIpc) is 3.35. The Morgan fingerprint density at radius 1 is 1.11 bits per heavy atom. The van der Waals surface area contributed by atoms with E-state index in [9.17, 15) is 4.79 Å². The SMILES string of the molecule is Cc1cc(NC(=O)c2cnn(-c3ccc(Cl)cc3)c2)ccc1-n1cnnn1. The van der Waals surface area contributed by atoms with Crippen molar-refractivity contribution in [3.05, 3.63) is 77.3 Å². The number of halogens is 1. The Morgan fingerprint density at radius 3 is 2.63 bits per heavy atom. The Bertz CT molecular complexity index is 1090. The van der Waals surface area contributed by atoms with Gasteiger partial charge in [0.1, 0.15) is 6.33 Å². The lowest BCUT2D eigenvalue weighted by Crippen LogP contribution is -2.11. The fourth-order valence-corrected chi connectivity index (χ4v) is 2.77. The van der Waals surface area contributed by atoms with Crippen LogP contribution in [0.15, 0.2) is 61.2 Å². The van der Waals surface area contributed by atoms with Gasteiger partial charge in [0.25, 0.3) is 5.91 Å². The summed E-state index contributed by atoms with van der Waals surface area (Å²) in [7, 11) is 0. The highest BCUT2D eigenvalue weighted by atomic mass is 35.5. The molecule has 1 amide bonds. The zero-order valence-electron chi connectivity index (χ0n) is 14.2. The Kier molecular flexibility index (Phi) is 4.39. The third-order valence-electron chi connectivity index (χ3n) is 3.99. The van der Waals surface area contributed by atoms with Gasteiger partial charge in [-0.1, -0.05) is 11.6 Å². The highest BCUT2D eigenvalue weighted by Crippen LogP contribution is 2.19. The van der Waals surface area contributed by atoms with E-state index < -0.39 is 0 Å². The highest BCUT2D eigenvalue weighted by molar-refractivity contribution is 6.30. The summed E-state index contributed by atoms with van der Waals surface area (Å²) in [4.78, 5) is 12.5. The van der Waals surface area contributed by atoms with E-state index in [0.717, 1.165) is 16.9 Å². The molecule has 0 unspecified atom stereocenters. The summed E-state index contributed by atoms with van der Waals surface area (Å²) in [5.74, 6) is -0.246. The number of hydrogen-bond donors (Lipinski definition) is 1. The number of amides is 1. The summed E-state index contributed by atoms with van der Waals surface area (Å²) in [6.45, 7) is 1.92. The second-order valence-electron chi connectivity index (χ2n) is 5.86. The maximum atomic E-state index is 12.5. The summed E-state index contributed by atoms with van der Waals surface area (Å²) in [6.07, 6.45) is 4.71. The molecule has 1 N–H and O–H groups in total. The highest BCUT2D eigenvalue weighted by Gasteiger charge is 2.11. The molecule has 0 bridgehead atoms. The van der Waals surface area contributed by atoms with Gasteiger partial charge in [-0.05, 0) is 65.4 Å². The summed E-state index contributed by atoms with van der Waals surface area (Å²) in [5, 5.41) is 18.9. The first kappa shape index (κ1) is 16.9. The number of tetrazole rings is 1. The van der Waals surface area contributed by atoms with Crippen LogP contribution in [0.25, 0.3) is 11.4 Å².